The van der Waals surface area contributed by atoms with Crippen LogP contribution in [-0.4, -0.2) is 16.4 Å². The van der Waals surface area contributed by atoms with Gasteiger partial charge in [-0.2, -0.15) is 0 Å². The van der Waals surface area contributed by atoms with Crippen LogP contribution in [0.15, 0.2) is 46.6 Å². The van der Waals surface area contributed by atoms with Crippen LogP contribution in [0.2, 0.25) is 0 Å². The molecule has 1 N–H and O–H groups in total. The zero-order chi connectivity index (χ0) is 9.80. The number of hydrogen-bond donors (Lipinski definition) is 1. The molecule has 0 unspecified atom stereocenters. The van der Waals surface area contributed by atoms with Crippen LogP contribution in [-0.2, 0) is 0 Å². The number of hydrogen-bond acceptors (Lipinski definition) is 4. The maximum absolute atomic E-state index is 8.36. The summed E-state index contributed by atoms with van der Waals surface area (Å²) in [5.74, 6) is 0. The van der Waals surface area contributed by atoms with Crippen molar-refractivity contribution in [3.05, 3.63) is 42.6 Å². The summed E-state index contributed by atoms with van der Waals surface area (Å²) >= 11 is 0. The van der Waals surface area contributed by atoms with Crippen molar-refractivity contribution < 1.29 is 9.62 Å². The summed E-state index contributed by atoms with van der Waals surface area (Å²) in [6.45, 7) is 0. The molecule has 0 aromatic carbocycles. The molecule has 2 rings (SSSR count). The maximum Gasteiger partial charge on any atom is 0.0981 e. The lowest BCUT2D eigenvalue weighted by molar-refractivity contribution is 0.322. The summed E-state index contributed by atoms with van der Waals surface area (Å²) in [5.41, 5.74) is 2.62. The number of aromatic nitrogens is 1. The molecule has 0 saturated heterocycles. The molecule has 0 aliphatic rings. The Kier molecular flexibility index (Phi) is 2.27. The molecule has 2 aromatic heterocycles. The van der Waals surface area contributed by atoms with Crippen molar-refractivity contribution in [2.45, 2.75) is 0 Å². The van der Waals surface area contributed by atoms with Gasteiger partial charge in [0.1, 0.15) is 0 Å². The number of pyridine rings is 1. The Morgan fingerprint density at radius 2 is 2.29 bits per heavy atom. The highest BCUT2D eigenvalue weighted by molar-refractivity contribution is 5.81. The molecule has 14 heavy (non-hydrogen) atoms. The van der Waals surface area contributed by atoms with Gasteiger partial charge in [-0.05, 0) is 12.1 Å². The van der Waals surface area contributed by atoms with Gasteiger partial charge in [0.2, 0.25) is 0 Å². The van der Waals surface area contributed by atoms with Gasteiger partial charge < -0.3 is 9.62 Å². The van der Waals surface area contributed by atoms with Gasteiger partial charge in [-0.3, -0.25) is 4.98 Å². The molecule has 70 valence electrons. The first-order valence-corrected chi connectivity index (χ1v) is 4.05. The van der Waals surface area contributed by atoms with Crippen LogP contribution in [0.1, 0.15) is 5.56 Å². The fourth-order valence-electron chi connectivity index (χ4n) is 1.18. The van der Waals surface area contributed by atoms with Gasteiger partial charge in [0.05, 0.1) is 18.7 Å². The minimum Gasteiger partial charge on any atom is -0.472 e. The molecule has 0 bridgehead atoms. The van der Waals surface area contributed by atoms with E-state index in [1.54, 1.807) is 24.9 Å². The largest absolute Gasteiger partial charge is 0.472 e. The monoisotopic (exact) mass is 188 g/mol. The van der Waals surface area contributed by atoms with E-state index in [2.05, 4.69) is 10.1 Å². The number of nitrogens with zero attached hydrogens (tertiary/aromatic N) is 2. The number of rotatable bonds is 2. The zero-order valence-corrected chi connectivity index (χ0v) is 7.29. The summed E-state index contributed by atoms with van der Waals surface area (Å²) in [6, 6.07) is 3.70. The van der Waals surface area contributed by atoms with Crippen LogP contribution in [0.3, 0.4) is 0 Å². The Balaban J connectivity index is 2.40. The highest BCUT2D eigenvalue weighted by atomic mass is 16.4. The highest BCUT2D eigenvalue weighted by Crippen LogP contribution is 2.18. The molecule has 0 fully saturated rings. The minimum atomic E-state index is 0.742. The van der Waals surface area contributed by atoms with Crippen molar-refractivity contribution in [2.75, 3.05) is 0 Å². The average molecular weight is 188 g/mol. The summed E-state index contributed by atoms with van der Waals surface area (Å²) in [7, 11) is 0. The second-order valence-corrected chi connectivity index (χ2v) is 2.76. The van der Waals surface area contributed by atoms with E-state index in [9.17, 15) is 0 Å². The molecule has 0 aliphatic carbocycles. The van der Waals surface area contributed by atoms with E-state index < -0.39 is 0 Å². The average Bonchev–Trinajstić information content (AvgIpc) is 2.71. The molecule has 0 radical (unpaired) electrons. The van der Waals surface area contributed by atoms with Gasteiger partial charge >= 0.3 is 0 Å². The van der Waals surface area contributed by atoms with Gasteiger partial charge in [-0.1, -0.05) is 5.16 Å². The van der Waals surface area contributed by atoms with E-state index in [0.717, 1.165) is 16.7 Å². The first-order chi connectivity index (χ1) is 6.90. The van der Waals surface area contributed by atoms with E-state index in [4.69, 9.17) is 9.62 Å². The van der Waals surface area contributed by atoms with Crippen molar-refractivity contribution in [3.63, 3.8) is 0 Å². The Hall–Kier alpha value is -2.10. The number of furan rings is 1. The Morgan fingerprint density at radius 1 is 1.36 bits per heavy atom. The maximum atomic E-state index is 8.36. The Bertz CT molecular complexity index is 435. The van der Waals surface area contributed by atoms with Crippen molar-refractivity contribution in [1.82, 2.24) is 4.98 Å². The van der Waals surface area contributed by atoms with Crippen LogP contribution >= 0.6 is 0 Å². The van der Waals surface area contributed by atoms with E-state index in [0.29, 0.717) is 0 Å². The topological polar surface area (TPSA) is 58.6 Å². The van der Waals surface area contributed by atoms with Crippen molar-refractivity contribution >= 4 is 6.21 Å². The van der Waals surface area contributed by atoms with Crippen LogP contribution in [0.5, 0.6) is 0 Å². The third-order valence-electron chi connectivity index (χ3n) is 1.82. The zero-order valence-electron chi connectivity index (χ0n) is 7.29. The van der Waals surface area contributed by atoms with Crippen LogP contribution < -0.4 is 0 Å². The predicted octanol–water partition coefficient (Wildman–Crippen LogP) is 2.15. The lowest BCUT2D eigenvalue weighted by Crippen LogP contribution is -1.85. The molecule has 0 saturated carbocycles. The molecule has 2 aromatic rings. The van der Waals surface area contributed by atoms with Crippen molar-refractivity contribution in [1.29, 1.82) is 0 Å². The molecule has 0 atom stereocenters. The lowest BCUT2D eigenvalue weighted by atomic mass is 10.1. The third-order valence-corrected chi connectivity index (χ3v) is 1.82. The fourth-order valence-corrected chi connectivity index (χ4v) is 1.18. The fraction of sp³-hybridized carbons (Fsp3) is 0. The van der Waals surface area contributed by atoms with E-state index in [1.807, 2.05) is 12.1 Å². The third kappa shape index (κ3) is 1.64. The standard InChI is InChI=1S/C10H8N2O2/c13-12-5-8-3-10(6-11-4-8)9-1-2-14-7-9/h1-7,13H/b12-5+. The van der Waals surface area contributed by atoms with Crippen LogP contribution in [0.25, 0.3) is 11.1 Å². The van der Waals surface area contributed by atoms with E-state index >= 15 is 0 Å². The molecule has 0 amide bonds. The molecule has 0 aliphatic heterocycles. The van der Waals surface area contributed by atoms with E-state index in [1.165, 1.54) is 6.21 Å². The second kappa shape index (κ2) is 3.74. The van der Waals surface area contributed by atoms with Crippen molar-refractivity contribution in [3.8, 4) is 11.1 Å². The number of oxime groups is 1. The molecule has 2 heterocycles. The molecule has 4 heteroatoms. The van der Waals surface area contributed by atoms with Gasteiger partial charge in [-0.25, -0.2) is 0 Å². The lowest BCUT2D eigenvalue weighted by Gasteiger charge is -1.96. The molecule has 0 spiro atoms. The first-order valence-electron chi connectivity index (χ1n) is 4.05. The van der Waals surface area contributed by atoms with Gasteiger partial charge in [-0.15, -0.1) is 0 Å². The second-order valence-electron chi connectivity index (χ2n) is 2.76. The van der Waals surface area contributed by atoms with Crippen molar-refractivity contribution in [2.24, 2.45) is 5.16 Å². The summed E-state index contributed by atoms with van der Waals surface area (Å²) in [6.07, 6.45) is 7.90. The summed E-state index contributed by atoms with van der Waals surface area (Å²) in [4.78, 5) is 4.02. The quantitative estimate of drug-likeness (QED) is 0.446. The van der Waals surface area contributed by atoms with E-state index in [-0.39, 0.29) is 0 Å². The predicted molar refractivity (Wildman–Crippen MR) is 51.3 cm³/mol. The van der Waals surface area contributed by atoms with Gasteiger partial charge in [0, 0.05) is 29.1 Å². The summed E-state index contributed by atoms with van der Waals surface area (Å²) in [5, 5.41) is 11.3. The molecular weight excluding hydrogens is 180 g/mol. The first kappa shape index (κ1) is 8.50. The van der Waals surface area contributed by atoms with Crippen LogP contribution in [0, 0.1) is 0 Å². The normalized spacial score (nSPS) is 10.9. The smallest absolute Gasteiger partial charge is 0.0981 e. The molecule has 4 nitrogen and oxygen atoms in total. The van der Waals surface area contributed by atoms with Crippen LogP contribution in [0.4, 0.5) is 0 Å². The minimum absolute atomic E-state index is 0.742. The highest BCUT2D eigenvalue weighted by Gasteiger charge is 1.99. The Morgan fingerprint density at radius 3 is 3.00 bits per heavy atom. The van der Waals surface area contributed by atoms with Gasteiger partial charge in [0.15, 0.2) is 0 Å². The SMILES string of the molecule is O/N=C/c1cncc(-c2ccoc2)c1. The van der Waals surface area contributed by atoms with Gasteiger partial charge in [0.25, 0.3) is 0 Å². The summed E-state index contributed by atoms with van der Waals surface area (Å²) < 4.78 is 4.96. The Labute approximate surface area is 80.5 Å². The molecular formula is C10H8N2O2.